The maximum atomic E-state index is 12.3. The molecule has 154 valence electrons. The van der Waals surface area contributed by atoms with Gasteiger partial charge in [0.2, 0.25) is 12.7 Å². The quantitative estimate of drug-likeness (QED) is 0.625. The first kappa shape index (κ1) is 20.0. The van der Waals surface area contributed by atoms with Gasteiger partial charge in [-0.25, -0.2) is 0 Å². The van der Waals surface area contributed by atoms with Gasteiger partial charge >= 0.3 is 0 Å². The molecule has 0 aromatic heterocycles. The van der Waals surface area contributed by atoms with Crippen LogP contribution in [0.15, 0.2) is 42.5 Å². The van der Waals surface area contributed by atoms with Gasteiger partial charge in [0, 0.05) is 36.6 Å². The van der Waals surface area contributed by atoms with Gasteiger partial charge in [-0.1, -0.05) is 41.9 Å². The smallest absolute Gasteiger partial charge is 0.231 e. The fourth-order valence-electron chi connectivity index (χ4n) is 4.09. The predicted molar refractivity (Wildman–Crippen MR) is 113 cm³/mol. The molecule has 1 N–H and O–H groups in total. The molecule has 1 saturated heterocycles. The number of likely N-dealkylation sites (tertiary alicyclic amines) is 1. The Labute approximate surface area is 176 Å². The van der Waals surface area contributed by atoms with Crippen molar-refractivity contribution in [2.45, 2.75) is 44.7 Å². The highest BCUT2D eigenvalue weighted by Crippen LogP contribution is 2.36. The van der Waals surface area contributed by atoms with Crippen molar-refractivity contribution in [3.8, 4) is 11.5 Å². The summed E-state index contributed by atoms with van der Waals surface area (Å²) in [6, 6.07) is 14.5. The van der Waals surface area contributed by atoms with Crippen LogP contribution in [-0.2, 0) is 17.8 Å². The number of nitrogens with zero attached hydrogens (tertiary/aromatic N) is 1. The third-order valence-corrected chi connectivity index (χ3v) is 6.02. The molecule has 0 radical (unpaired) electrons. The van der Waals surface area contributed by atoms with Gasteiger partial charge in [-0.05, 0) is 49.4 Å². The third-order valence-electron chi connectivity index (χ3n) is 5.67. The van der Waals surface area contributed by atoms with E-state index in [1.807, 2.05) is 18.2 Å². The Morgan fingerprint density at radius 2 is 1.93 bits per heavy atom. The number of ether oxygens (including phenoxy) is 2. The van der Waals surface area contributed by atoms with E-state index in [1.165, 1.54) is 5.56 Å². The lowest BCUT2D eigenvalue weighted by Gasteiger charge is -2.25. The first-order valence-electron chi connectivity index (χ1n) is 10.3. The number of fused-ring (bicyclic) bond motifs is 1. The fraction of sp³-hybridized carbons (Fsp3) is 0.435. The van der Waals surface area contributed by atoms with E-state index in [0.717, 1.165) is 50.1 Å². The van der Waals surface area contributed by atoms with Crippen molar-refractivity contribution >= 4 is 17.5 Å². The van der Waals surface area contributed by atoms with Crippen molar-refractivity contribution < 1.29 is 14.3 Å². The number of rotatable bonds is 9. The zero-order valence-corrected chi connectivity index (χ0v) is 17.3. The van der Waals surface area contributed by atoms with Crippen LogP contribution in [0.2, 0.25) is 5.02 Å². The first-order chi connectivity index (χ1) is 14.2. The van der Waals surface area contributed by atoms with Crippen LogP contribution < -0.4 is 14.8 Å². The van der Waals surface area contributed by atoms with Gasteiger partial charge in [-0.3, -0.25) is 4.79 Å². The zero-order chi connectivity index (χ0) is 20.1. The molecule has 6 heteroatoms. The number of benzene rings is 2. The second-order valence-electron chi connectivity index (χ2n) is 7.63. The highest BCUT2D eigenvalue weighted by atomic mass is 35.5. The summed E-state index contributed by atoms with van der Waals surface area (Å²) in [6.45, 7) is 2.60. The monoisotopic (exact) mass is 414 g/mol. The van der Waals surface area contributed by atoms with Crippen molar-refractivity contribution in [1.29, 1.82) is 0 Å². The van der Waals surface area contributed by atoms with Crippen molar-refractivity contribution in [3.05, 3.63) is 58.6 Å². The van der Waals surface area contributed by atoms with Crippen LogP contribution in [0.25, 0.3) is 0 Å². The topological polar surface area (TPSA) is 50.8 Å². The van der Waals surface area contributed by atoms with Crippen molar-refractivity contribution in [2.75, 3.05) is 19.9 Å². The summed E-state index contributed by atoms with van der Waals surface area (Å²) in [5.41, 5.74) is 2.33. The van der Waals surface area contributed by atoms with E-state index in [1.54, 1.807) is 0 Å². The lowest BCUT2D eigenvalue weighted by Crippen LogP contribution is -2.36. The molecule has 0 aliphatic carbocycles. The summed E-state index contributed by atoms with van der Waals surface area (Å²) in [7, 11) is 0. The summed E-state index contributed by atoms with van der Waals surface area (Å²) in [5, 5.41) is 4.14. The molecule has 5 nitrogen and oxygen atoms in total. The molecule has 0 bridgehead atoms. The van der Waals surface area contributed by atoms with Gasteiger partial charge in [-0.15, -0.1) is 0 Å². The molecule has 1 atom stereocenters. The van der Waals surface area contributed by atoms with Crippen LogP contribution in [0.5, 0.6) is 11.5 Å². The van der Waals surface area contributed by atoms with Crippen LogP contribution in [0, 0.1) is 0 Å². The molecule has 0 saturated carbocycles. The molecule has 0 spiro atoms. The third kappa shape index (κ3) is 5.03. The molecule has 29 heavy (non-hydrogen) atoms. The number of aryl methyl sites for hydroxylation is 1. The number of carbonyl (C=O) groups is 1. The van der Waals surface area contributed by atoms with Gasteiger partial charge in [0.05, 0.1) is 0 Å². The minimum absolute atomic E-state index is 0.248. The summed E-state index contributed by atoms with van der Waals surface area (Å²) in [4.78, 5) is 14.4. The largest absolute Gasteiger partial charge is 0.454 e. The molecule has 1 amide bonds. The van der Waals surface area contributed by atoms with Crippen molar-refractivity contribution in [2.24, 2.45) is 0 Å². The minimum Gasteiger partial charge on any atom is -0.454 e. The van der Waals surface area contributed by atoms with E-state index in [0.29, 0.717) is 35.7 Å². The Morgan fingerprint density at radius 3 is 2.76 bits per heavy atom. The van der Waals surface area contributed by atoms with E-state index in [9.17, 15) is 4.79 Å². The molecular weight excluding hydrogens is 388 g/mol. The van der Waals surface area contributed by atoms with Gasteiger partial charge < -0.3 is 19.7 Å². The SMILES string of the molecule is O=C1CC[C@H](CCNCc2cc3c(cc2Cl)OCO3)N1CCCc1ccccc1. The normalized spacial score (nSPS) is 17.9. The molecule has 2 aliphatic heterocycles. The molecule has 4 rings (SSSR count). The number of nitrogens with one attached hydrogen (secondary N) is 1. The Hall–Kier alpha value is -2.24. The summed E-state index contributed by atoms with van der Waals surface area (Å²) < 4.78 is 10.8. The maximum Gasteiger partial charge on any atom is 0.231 e. The summed E-state index contributed by atoms with van der Waals surface area (Å²) in [5.74, 6) is 1.74. The Kier molecular flexibility index (Phi) is 6.57. The molecule has 0 unspecified atom stereocenters. The fourth-order valence-corrected chi connectivity index (χ4v) is 4.31. The number of amides is 1. The second-order valence-corrected chi connectivity index (χ2v) is 8.04. The predicted octanol–water partition coefficient (Wildman–Crippen LogP) is 4.17. The van der Waals surface area contributed by atoms with Crippen LogP contribution in [0.1, 0.15) is 36.8 Å². The lowest BCUT2D eigenvalue weighted by atomic mass is 10.1. The molecule has 2 aromatic rings. The van der Waals surface area contributed by atoms with Crippen molar-refractivity contribution in [3.63, 3.8) is 0 Å². The highest BCUT2D eigenvalue weighted by molar-refractivity contribution is 6.31. The number of hydrogen-bond donors (Lipinski definition) is 1. The van der Waals surface area contributed by atoms with Gasteiger partial charge in [0.1, 0.15) is 0 Å². The van der Waals surface area contributed by atoms with Crippen LogP contribution >= 0.6 is 11.6 Å². The molecule has 2 aliphatic rings. The highest BCUT2D eigenvalue weighted by Gasteiger charge is 2.29. The molecular formula is C23H27ClN2O3. The molecule has 2 aromatic carbocycles. The number of hydrogen-bond acceptors (Lipinski definition) is 4. The average Bonchev–Trinajstić information content (AvgIpc) is 3.32. The Morgan fingerprint density at radius 1 is 1.14 bits per heavy atom. The van der Waals surface area contributed by atoms with Gasteiger partial charge in [0.15, 0.2) is 11.5 Å². The van der Waals surface area contributed by atoms with E-state index in [4.69, 9.17) is 21.1 Å². The minimum atomic E-state index is 0.248. The molecule has 1 fully saturated rings. The van der Waals surface area contributed by atoms with E-state index in [-0.39, 0.29) is 6.79 Å². The first-order valence-corrected chi connectivity index (χ1v) is 10.7. The van der Waals surface area contributed by atoms with Gasteiger partial charge in [0.25, 0.3) is 0 Å². The maximum absolute atomic E-state index is 12.3. The summed E-state index contributed by atoms with van der Waals surface area (Å²) >= 11 is 6.34. The summed E-state index contributed by atoms with van der Waals surface area (Å²) in [6.07, 6.45) is 4.60. The standard InChI is InChI=1S/C23H27ClN2O3/c24-20-14-22-21(28-16-29-22)13-18(20)15-25-11-10-19-8-9-23(27)26(19)12-4-7-17-5-2-1-3-6-17/h1-3,5-6,13-14,19,25H,4,7-12,15-16H2/t19-/m1/s1. The van der Waals surface area contributed by atoms with Crippen LogP contribution in [0.3, 0.4) is 0 Å². The van der Waals surface area contributed by atoms with Crippen LogP contribution in [0.4, 0.5) is 0 Å². The second kappa shape index (κ2) is 9.51. The van der Waals surface area contributed by atoms with E-state index >= 15 is 0 Å². The Balaban J connectivity index is 1.22. The van der Waals surface area contributed by atoms with Gasteiger partial charge in [-0.2, -0.15) is 0 Å². The van der Waals surface area contributed by atoms with E-state index in [2.05, 4.69) is 34.5 Å². The Bertz CT molecular complexity index is 844. The number of halogens is 1. The van der Waals surface area contributed by atoms with E-state index < -0.39 is 0 Å². The molecule has 2 heterocycles. The zero-order valence-electron chi connectivity index (χ0n) is 16.5. The lowest BCUT2D eigenvalue weighted by molar-refractivity contribution is -0.129. The van der Waals surface area contributed by atoms with Crippen LogP contribution in [-0.4, -0.2) is 36.7 Å². The number of carbonyl (C=O) groups excluding carboxylic acids is 1. The average molecular weight is 415 g/mol. The van der Waals surface area contributed by atoms with Crippen molar-refractivity contribution in [1.82, 2.24) is 10.2 Å².